The maximum absolute atomic E-state index is 12.7. The van der Waals surface area contributed by atoms with E-state index in [1.165, 1.54) is 23.5 Å². The van der Waals surface area contributed by atoms with Crippen LogP contribution in [-0.4, -0.2) is 21.4 Å². The Bertz CT molecular complexity index is 572. The van der Waals surface area contributed by atoms with Crippen molar-refractivity contribution in [1.82, 2.24) is 0 Å². The van der Waals surface area contributed by atoms with Crippen LogP contribution >= 0.6 is 23.5 Å². The minimum atomic E-state index is 0.297. The van der Waals surface area contributed by atoms with Crippen LogP contribution in [0.3, 0.4) is 0 Å². The van der Waals surface area contributed by atoms with Crippen molar-refractivity contribution < 1.29 is 4.79 Å². The van der Waals surface area contributed by atoms with Gasteiger partial charge in [0.15, 0.2) is 5.78 Å². The second kappa shape index (κ2) is 5.51. The lowest BCUT2D eigenvalue weighted by atomic mass is 9.68. The van der Waals surface area contributed by atoms with Crippen LogP contribution in [0.4, 0.5) is 0 Å². The fraction of sp³-hybridized carbons (Fsp3) is 0.500. The first kappa shape index (κ1) is 14.0. The maximum atomic E-state index is 12.7. The molecule has 1 saturated heterocycles. The summed E-state index contributed by atoms with van der Waals surface area (Å²) in [6.45, 7) is 0. The molecule has 0 aromatic heterocycles. The predicted molar refractivity (Wildman–Crippen MR) is 92.5 cm³/mol. The van der Waals surface area contributed by atoms with E-state index in [2.05, 4.69) is 41.7 Å². The lowest BCUT2D eigenvalue weighted by Gasteiger charge is -2.46. The summed E-state index contributed by atoms with van der Waals surface area (Å²) in [5, 5.41) is 0. The highest BCUT2D eigenvalue weighted by Gasteiger charge is 2.51. The molecule has 2 aliphatic carbocycles. The molecule has 3 fully saturated rings. The molecule has 4 rings (SSSR count). The molecule has 3 heteroatoms. The predicted octanol–water partition coefficient (Wildman–Crippen LogP) is 4.64. The van der Waals surface area contributed by atoms with Gasteiger partial charge in [0.2, 0.25) is 0 Å². The third-order valence-corrected chi connectivity index (χ3v) is 8.94. The fourth-order valence-corrected chi connectivity index (χ4v) is 7.60. The molecular weight excluding hydrogens is 296 g/mol. The summed E-state index contributed by atoms with van der Waals surface area (Å²) in [4.78, 5) is 12.7. The van der Waals surface area contributed by atoms with Gasteiger partial charge >= 0.3 is 0 Å². The first-order valence-electron chi connectivity index (χ1n) is 7.85. The number of rotatable bonds is 1. The molecule has 2 bridgehead atoms. The number of Topliss-reactive ketones (excluding diaryl/α,β-unsaturated/α-hetero) is 1. The van der Waals surface area contributed by atoms with Gasteiger partial charge in [0.05, 0.1) is 4.08 Å². The number of carbonyl (C=O) groups is 1. The van der Waals surface area contributed by atoms with Crippen LogP contribution in [0, 0.1) is 11.8 Å². The highest BCUT2D eigenvalue weighted by Crippen LogP contribution is 2.60. The Hall–Kier alpha value is -0.670. The van der Waals surface area contributed by atoms with Crippen molar-refractivity contribution in [3.05, 3.63) is 41.5 Å². The summed E-state index contributed by atoms with van der Waals surface area (Å²) in [6, 6.07) is 10.3. The fourth-order valence-electron chi connectivity index (χ4n) is 4.06. The average Bonchev–Trinajstić information content (AvgIpc) is 2.98. The van der Waals surface area contributed by atoms with E-state index in [0.717, 1.165) is 24.8 Å². The minimum absolute atomic E-state index is 0.297. The molecule has 1 aliphatic heterocycles. The highest BCUT2D eigenvalue weighted by molar-refractivity contribution is 8.21. The van der Waals surface area contributed by atoms with Crippen LogP contribution in [0.25, 0.3) is 6.08 Å². The van der Waals surface area contributed by atoms with Crippen LogP contribution < -0.4 is 0 Å². The second-order valence-corrected chi connectivity index (χ2v) is 9.43. The molecule has 3 aliphatic rings. The molecule has 0 amide bonds. The third-order valence-electron chi connectivity index (χ3n) is 5.10. The first-order chi connectivity index (χ1) is 10.3. The smallest absolute Gasteiger partial charge is 0.161 e. The van der Waals surface area contributed by atoms with Crippen molar-refractivity contribution in [2.24, 2.45) is 11.8 Å². The summed E-state index contributed by atoms with van der Waals surface area (Å²) in [7, 11) is 0. The topological polar surface area (TPSA) is 17.1 Å². The van der Waals surface area contributed by atoms with Gasteiger partial charge in [-0.25, -0.2) is 0 Å². The largest absolute Gasteiger partial charge is 0.294 e. The van der Waals surface area contributed by atoms with E-state index in [4.69, 9.17) is 0 Å². The zero-order chi connectivity index (χ0) is 14.3. The number of fused-ring (bicyclic) bond motifs is 3. The van der Waals surface area contributed by atoms with E-state index in [1.54, 1.807) is 0 Å². The molecule has 2 atom stereocenters. The van der Waals surface area contributed by atoms with E-state index in [0.29, 0.717) is 21.7 Å². The Balaban J connectivity index is 1.64. The average molecular weight is 316 g/mol. The summed E-state index contributed by atoms with van der Waals surface area (Å²) < 4.78 is 0.424. The molecular formula is C18H20OS2. The van der Waals surface area contributed by atoms with E-state index >= 15 is 0 Å². The van der Waals surface area contributed by atoms with Gasteiger partial charge in [-0.3, -0.25) is 4.79 Å². The Labute approximate surface area is 135 Å². The van der Waals surface area contributed by atoms with Crippen molar-refractivity contribution in [1.29, 1.82) is 0 Å². The molecule has 1 aromatic carbocycles. The van der Waals surface area contributed by atoms with E-state index in [1.807, 2.05) is 18.2 Å². The lowest BCUT2D eigenvalue weighted by molar-refractivity contribution is -0.122. The van der Waals surface area contributed by atoms with Gasteiger partial charge < -0.3 is 0 Å². The van der Waals surface area contributed by atoms with E-state index < -0.39 is 0 Å². The van der Waals surface area contributed by atoms with Crippen LogP contribution in [0.2, 0.25) is 0 Å². The van der Waals surface area contributed by atoms with Crippen molar-refractivity contribution in [3.63, 3.8) is 0 Å². The molecule has 21 heavy (non-hydrogen) atoms. The van der Waals surface area contributed by atoms with Crippen LogP contribution in [0.1, 0.15) is 31.2 Å². The SMILES string of the molecule is O=C1/C(=C/c2ccccc2)C[C@H]2C[C@@H]1CCC21SCCS1. The third kappa shape index (κ3) is 2.49. The van der Waals surface area contributed by atoms with E-state index in [9.17, 15) is 4.79 Å². The summed E-state index contributed by atoms with van der Waals surface area (Å²) in [6.07, 6.45) is 6.60. The van der Waals surface area contributed by atoms with Gasteiger partial charge in [0.1, 0.15) is 0 Å². The van der Waals surface area contributed by atoms with Crippen molar-refractivity contribution in [3.8, 4) is 0 Å². The normalized spacial score (nSPS) is 32.8. The summed E-state index contributed by atoms with van der Waals surface area (Å²) in [5.41, 5.74) is 2.25. The molecule has 0 N–H and O–H groups in total. The van der Waals surface area contributed by atoms with Gasteiger partial charge in [0.25, 0.3) is 0 Å². The molecule has 1 heterocycles. The monoisotopic (exact) mass is 316 g/mol. The number of ketones is 1. The van der Waals surface area contributed by atoms with Gasteiger partial charge in [-0.05, 0) is 48.8 Å². The molecule has 1 spiro atoms. The van der Waals surface area contributed by atoms with Crippen molar-refractivity contribution in [2.75, 3.05) is 11.5 Å². The Morgan fingerprint density at radius 2 is 1.90 bits per heavy atom. The Kier molecular flexibility index (Phi) is 3.66. The quantitative estimate of drug-likeness (QED) is 0.703. The summed E-state index contributed by atoms with van der Waals surface area (Å²) in [5.74, 6) is 4.00. The number of hydrogen-bond acceptors (Lipinski definition) is 3. The van der Waals surface area contributed by atoms with Gasteiger partial charge in [-0.15, -0.1) is 23.5 Å². The number of thioether (sulfide) groups is 2. The van der Waals surface area contributed by atoms with Crippen molar-refractivity contribution >= 4 is 35.4 Å². The van der Waals surface area contributed by atoms with Crippen LogP contribution in [0.15, 0.2) is 35.9 Å². The minimum Gasteiger partial charge on any atom is -0.294 e. The number of allylic oxidation sites excluding steroid dienone is 1. The molecule has 1 aromatic rings. The molecule has 2 saturated carbocycles. The standard InChI is InChI=1S/C18H20OS2/c19-17-14-6-7-18(20-8-9-21-18)16(11-14)12-15(17)10-13-4-2-1-3-5-13/h1-5,10,14,16H,6-9,11-12H2/b15-10+/t14-,16+/m0/s1. The lowest BCUT2D eigenvalue weighted by Crippen LogP contribution is -2.42. The number of benzene rings is 1. The van der Waals surface area contributed by atoms with Crippen LogP contribution in [0.5, 0.6) is 0 Å². The van der Waals surface area contributed by atoms with E-state index in [-0.39, 0.29) is 0 Å². The first-order valence-corrected chi connectivity index (χ1v) is 9.82. The van der Waals surface area contributed by atoms with Gasteiger partial charge in [-0.1, -0.05) is 30.3 Å². The zero-order valence-corrected chi connectivity index (χ0v) is 13.7. The molecule has 110 valence electrons. The van der Waals surface area contributed by atoms with Gasteiger partial charge in [-0.2, -0.15) is 0 Å². The zero-order valence-electron chi connectivity index (χ0n) is 12.1. The van der Waals surface area contributed by atoms with Crippen LogP contribution in [-0.2, 0) is 4.79 Å². The molecule has 1 nitrogen and oxygen atoms in total. The van der Waals surface area contributed by atoms with Crippen molar-refractivity contribution in [2.45, 2.75) is 29.8 Å². The molecule has 0 radical (unpaired) electrons. The Morgan fingerprint density at radius 1 is 1.14 bits per heavy atom. The maximum Gasteiger partial charge on any atom is 0.161 e. The Morgan fingerprint density at radius 3 is 2.67 bits per heavy atom. The van der Waals surface area contributed by atoms with Gasteiger partial charge in [0, 0.05) is 17.4 Å². The number of carbonyl (C=O) groups excluding carboxylic acids is 1. The summed E-state index contributed by atoms with van der Waals surface area (Å²) >= 11 is 4.34. The molecule has 0 unspecified atom stereocenters. The highest BCUT2D eigenvalue weighted by atomic mass is 32.2. The second-order valence-electron chi connectivity index (χ2n) is 6.33. The number of hydrogen-bond donors (Lipinski definition) is 0.